The molecule has 3 heterocycles. The number of aromatic nitrogens is 6. The topological polar surface area (TPSA) is 103 Å². The van der Waals surface area contributed by atoms with Gasteiger partial charge in [0.1, 0.15) is 11.6 Å². The van der Waals surface area contributed by atoms with Crippen molar-refractivity contribution in [2.24, 2.45) is 0 Å². The molecule has 0 aliphatic heterocycles. The summed E-state index contributed by atoms with van der Waals surface area (Å²) in [6.45, 7) is 5.37. The Hall–Kier alpha value is -5.58. The number of halogens is 3. The highest BCUT2D eigenvalue weighted by atomic mass is 35.5. The van der Waals surface area contributed by atoms with E-state index in [-0.39, 0.29) is 17.2 Å². The first kappa shape index (κ1) is 32.0. The molecule has 3 aromatic heterocycles. The summed E-state index contributed by atoms with van der Waals surface area (Å²) < 4.78 is 25.6. The van der Waals surface area contributed by atoms with Gasteiger partial charge in [0.2, 0.25) is 5.88 Å². The molecule has 0 saturated heterocycles. The first-order valence-corrected chi connectivity index (χ1v) is 16.1. The van der Waals surface area contributed by atoms with E-state index < -0.39 is 17.3 Å². The van der Waals surface area contributed by atoms with Crippen LogP contribution in [0.5, 0.6) is 11.6 Å². The minimum atomic E-state index is -0.990. The average molecular weight is 696 g/mol. The van der Waals surface area contributed by atoms with Gasteiger partial charge in [0, 0.05) is 27.5 Å². The molecule has 246 valence electrons. The molecular weight excluding hydrogens is 666 g/mol. The monoisotopic (exact) mass is 694 g/mol. The van der Waals surface area contributed by atoms with Crippen LogP contribution < -0.4 is 15.9 Å². The lowest BCUT2D eigenvalue weighted by molar-refractivity contribution is 0.434. The summed E-state index contributed by atoms with van der Waals surface area (Å²) in [5.41, 5.74) is 3.72. The van der Waals surface area contributed by atoms with Gasteiger partial charge in [-0.2, -0.15) is 5.10 Å². The second-order valence-electron chi connectivity index (χ2n) is 11.6. The van der Waals surface area contributed by atoms with Gasteiger partial charge >= 0.3 is 0 Å². The molecule has 9 nitrogen and oxygen atoms in total. The van der Waals surface area contributed by atoms with Gasteiger partial charge in [-0.25, -0.2) is 13.8 Å². The summed E-state index contributed by atoms with van der Waals surface area (Å²) in [5.74, 6) is -1.05. The standard InChI is InChI=1S/C37H29Cl2FN6O3/c1-21-31(36(48)45(41-21)29-18-14-25(39)15-19-29)34(33-23(3)44(43-35(33)47)28-16-12-24(38)13-17-28)32-22(2)42-46(27-9-5-4-6-10-27)37(32)49-30-11-7-8-26(40)20-30/h4-20,34,41H,1-3H3,(H,43,47). The third-order valence-corrected chi connectivity index (χ3v) is 8.91. The van der Waals surface area contributed by atoms with Crippen LogP contribution in [-0.4, -0.2) is 29.3 Å². The van der Waals surface area contributed by atoms with Crippen molar-refractivity contribution in [3.05, 3.63) is 173 Å². The van der Waals surface area contributed by atoms with Crippen LogP contribution in [0.4, 0.5) is 4.39 Å². The normalized spacial score (nSPS) is 12.0. The van der Waals surface area contributed by atoms with Gasteiger partial charge in [-0.05, 0) is 93.6 Å². The fourth-order valence-electron chi connectivity index (χ4n) is 6.16. The number of hydrogen-bond donors (Lipinski definition) is 2. The fraction of sp³-hybridized carbons (Fsp3) is 0.108. The summed E-state index contributed by atoms with van der Waals surface area (Å²) in [5, 5.41) is 12.1. The fourth-order valence-corrected chi connectivity index (χ4v) is 6.41. The van der Waals surface area contributed by atoms with E-state index in [1.165, 1.54) is 16.8 Å². The second-order valence-corrected chi connectivity index (χ2v) is 12.4. The van der Waals surface area contributed by atoms with Gasteiger partial charge in [0.25, 0.3) is 11.1 Å². The number of para-hydroxylation sites is 1. The molecule has 0 radical (unpaired) electrons. The van der Waals surface area contributed by atoms with Gasteiger partial charge in [-0.3, -0.25) is 24.5 Å². The molecule has 7 aromatic rings. The summed E-state index contributed by atoms with van der Waals surface area (Å²) in [7, 11) is 0. The third-order valence-electron chi connectivity index (χ3n) is 8.41. The average Bonchev–Trinajstić information content (AvgIpc) is 3.68. The minimum absolute atomic E-state index is 0.214. The first-order valence-electron chi connectivity index (χ1n) is 15.3. The van der Waals surface area contributed by atoms with E-state index in [0.717, 1.165) is 0 Å². The maximum atomic E-state index is 14.5. The van der Waals surface area contributed by atoms with E-state index in [0.29, 0.717) is 60.9 Å². The molecule has 4 aromatic carbocycles. The second kappa shape index (κ2) is 12.8. The highest BCUT2D eigenvalue weighted by Gasteiger charge is 2.37. The smallest absolute Gasteiger partial charge is 0.275 e. The third kappa shape index (κ3) is 5.90. The number of hydrogen-bond acceptors (Lipinski definition) is 4. The van der Waals surface area contributed by atoms with Crippen molar-refractivity contribution >= 4 is 23.2 Å². The summed E-state index contributed by atoms with van der Waals surface area (Å²) >= 11 is 12.3. The van der Waals surface area contributed by atoms with Crippen molar-refractivity contribution in [3.63, 3.8) is 0 Å². The molecule has 0 amide bonds. The minimum Gasteiger partial charge on any atom is -0.438 e. The predicted molar refractivity (Wildman–Crippen MR) is 188 cm³/mol. The van der Waals surface area contributed by atoms with Crippen LogP contribution in [-0.2, 0) is 0 Å². The molecule has 0 fully saturated rings. The van der Waals surface area contributed by atoms with Gasteiger partial charge < -0.3 is 4.74 Å². The van der Waals surface area contributed by atoms with Crippen LogP contribution in [0.15, 0.2) is 113 Å². The predicted octanol–water partition coefficient (Wildman–Crippen LogP) is 8.17. The van der Waals surface area contributed by atoms with E-state index >= 15 is 0 Å². The van der Waals surface area contributed by atoms with Gasteiger partial charge in [0.15, 0.2) is 0 Å². The zero-order valence-electron chi connectivity index (χ0n) is 26.5. The molecule has 2 N–H and O–H groups in total. The lowest BCUT2D eigenvalue weighted by Crippen LogP contribution is -2.24. The van der Waals surface area contributed by atoms with Crippen molar-refractivity contribution in [3.8, 4) is 28.7 Å². The molecule has 1 unspecified atom stereocenters. The van der Waals surface area contributed by atoms with E-state index in [1.54, 1.807) is 90.8 Å². The maximum absolute atomic E-state index is 14.5. The Kier molecular flexibility index (Phi) is 8.35. The number of nitrogens with one attached hydrogen (secondary N) is 2. The van der Waals surface area contributed by atoms with Crippen molar-refractivity contribution in [1.82, 2.24) is 29.3 Å². The van der Waals surface area contributed by atoms with E-state index in [4.69, 9.17) is 33.0 Å². The lowest BCUT2D eigenvalue weighted by Gasteiger charge is -2.19. The number of benzene rings is 4. The number of ether oxygens (including phenoxy) is 1. The summed E-state index contributed by atoms with van der Waals surface area (Å²) in [6.07, 6.45) is 0. The van der Waals surface area contributed by atoms with Gasteiger partial charge in [0.05, 0.1) is 45.4 Å². The molecule has 0 aliphatic carbocycles. The molecule has 0 aliphatic rings. The van der Waals surface area contributed by atoms with Crippen molar-refractivity contribution < 1.29 is 9.13 Å². The first-order chi connectivity index (χ1) is 23.6. The van der Waals surface area contributed by atoms with E-state index in [1.807, 2.05) is 30.3 Å². The molecule has 7 rings (SSSR count). The Balaban J connectivity index is 1.54. The molecular formula is C37H29Cl2FN6O3. The lowest BCUT2D eigenvalue weighted by atomic mass is 9.85. The number of aryl methyl sites for hydroxylation is 2. The van der Waals surface area contributed by atoms with Crippen molar-refractivity contribution in [1.29, 1.82) is 0 Å². The largest absolute Gasteiger partial charge is 0.438 e. The highest BCUT2D eigenvalue weighted by Crippen LogP contribution is 2.42. The maximum Gasteiger partial charge on any atom is 0.275 e. The quantitative estimate of drug-likeness (QED) is 0.168. The van der Waals surface area contributed by atoms with Gasteiger partial charge in [-0.1, -0.05) is 47.5 Å². The number of rotatable bonds is 8. The molecule has 12 heteroatoms. The molecule has 0 spiro atoms. The van der Waals surface area contributed by atoms with Crippen molar-refractivity contribution in [2.75, 3.05) is 0 Å². The van der Waals surface area contributed by atoms with Crippen molar-refractivity contribution in [2.45, 2.75) is 26.7 Å². The van der Waals surface area contributed by atoms with E-state index in [2.05, 4.69) is 10.2 Å². The van der Waals surface area contributed by atoms with Crippen LogP contribution in [0, 0.1) is 26.6 Å². The van der Waals surface area contributed by atoms with Crippen LogP contribution in [0.25, 0.3) is 17.1 Å². The van der Waals surface area contributed by atoms with E-state index in [9.17, 15) is 14.0 Å². The number of aromatic amines is 2. The van der Waals surface area contributed by atoms with Crippen LogP contribution in [0.1, 0.15) is 39.7 Å². The summed E-state index contributed by atoms with van der Waals surface area (Å²) in [6, 6.07) is 28.9. The van der Waals surface area contributed by atoms with Crippen LogP contribution >= 0.6 is 23.2 Å². The Morgan fingerprint density at radius 3 is 1.98 bits per heavy atom. The molecule has 0 bridgehead atoms. The van der Waals surface area contributed by atoms with Crippen LogP contribution in [0.3, 0.4) is 0 Å². The zero-order chi connectivity index (χ0) is 34.4. The summed E-state index contributed by atoms with van der Waals surface area (Å²) in [4.78, 5) is 28.7. The van der Waals surface area contributed by atoms with Crippen LogP contribution in [0.2, 0.25) is 10.0 Å². The molecule has 49 heavy (non-hydrogen) atoms. The SMILES string of the molecule is Cc1nn(-c2ccccc2)c(Oc2cccc(F)c2)c1C(c1c(C)n(-c2ccc(Cl)cc2)[nH]c1=O)c1c(C)[nH]n(-c2ccc(Cl)cc2)c1=O. The Labute approximate surface area is 289 Å². The number of H-pyrrole nitrogens is 2. The Bertz CT molecular complexity index is 2420. The van der Waals surface area contributed by atoms with Gasteiger partial charge in [-0.15, -0.1) is 0 Å². The Morgan fingerprint density at radius 1 is 0.714 bits per heavy atom. The zero-order valence-corrected chi connectivity index (χ0v) is 28.1. The molecule has 1 atom stereocenters. The number of nitrogens with zero attached hydrogens (tertiary/aromatic N) is 4. The Morgan fingerprint density at radius 2 is 1.35 bits per heavy atom. The molecule has 0 saturated carbocycles. The highest BCUT2D eigenvalue weighted by molar-refractivity contribution is 6.30.